The van der Waals surface area contributed by atoms with Crippen LogP contribution < -0.4 is 10.1 Å². The Morgan fingerprint density at radius 2 is 1.81 bits per heavy atom. The van der Waals surface area contributed by atoms with Gasteiger partial charge in [0.1, 0.15) is 11.8 Å². The Hall–Kier alpha value is -4.22. The van der Waals surface area contributed by atoms with Crippen LogP contribution in [0.2, 0.25) is 0 Å². The van der Waals surface area contributed by atoms with Crippen LogP contribution in [-0.4, -0.2) is 65.3 Å². The van der Waals surface area contributed by atoms with Crippen LogP contribution in [0.4, 0.5) is 13.2 Å². The summed E-state index contributed by atoms with van der Waals surface area (Å²) in [5.74, 6) is -3.71. The molecule has 0 bridgehead atoms. The number of benzene rings is 2. The van der Waals surface area contributed by atoms with Gasteiger partial charge in [0.05, 0.1) is 16.7 Å². The van der Waals surface area contributed by atoms with E-state index in [1.807, 2.05) is 0 Å². The number of nitrogens with one attached hydrogen (secondary N) is 1. The molecule has 1 unspecified atom stereocenters. The van der Waals surface area contributed by atoms with Crippen molar-refractivity contribution in [2.75, 3.05) is 13.6 Å². The van der Waals surface area contributed by atoms with E-state index in [2.05, 4.69) is 10.1 Å². The SMILES string of the molecule is CN(CCCc1cccc2c1C(=O)N(C1CCC(=O)NC1=O)C2=O)C(=O)c1ccccc1OC(F)(F)F. The van der Waals surface area contributed by atoms with Crippen LogP contribution >= 0.6 is 0 Å². The number of aryl methyl sites for hydroxylation is 1. The number of fused-ring (bicyclic) bond motifs is 1. The summed E-state index contributed by atoms with van der Waals surface area (Å²) in [5.41, 5.74) is 0.598. The van der Waals surface area contributed by atoms with Crippen molar-refractivity contribution in [3.05, 3.63) is 64.7 Å². The zero-order valence-corrected chi connectivity index (χ0v) is 19.6. The molecule has 0 radical (unpaired) electrons. The first-order chi connectivity index (χ1) is 17.5. The molecule has 2 heterocycles. The van der Waals surface area contributed by atoms with Crippen molar-refractivity contribution < 1.29 is 41.9 Å². The lowest BCUT2D eigenvalue weighted by Crippen LogP contribution is -2.54. The molecular formula is C25H22F3N3O6. The topological polar surface area (TPSA) is 113 Å². The number of rotatable bonds is 7. The van der Waals surface area contributed by atoms with Gasteiger partial charge < -0.3 is 9.64 Å². The molecular weight excluding hydrogens is 495 g/mol. The lowest BCUT2D eigenvalue weighted by Gasteiger charge is -2.27. The number of halogens is 3. The molecule has 0 saturated carbocycles. The molecule has 9 nitrogen and oxygen atoms in total. The fraction of sp³-hybridized carbons (Fsp3) is 0.320. The van der Waals surface area contributed by atoms with E-state index < -0.39 is 47.7 Å². The Bertz CT molecular complexity index is 1290. The predicted octanol–water partition coefficient (Wildman–Crippen LogP) is 2.69. The predicted molar refractivity (Wildman–Crippen MR) is 122 cm³/mol. The van der Waals surface area contributed by atoms with Gasteiger partial charge in [-0.05, 0) is 43.0 Å². The first-order valence-corrected chi connectivity index (χ1v) is 11.4. The molecule has 1 atom stereocenters. The van der Waals surface area contributed by atoms with Crippen molar-refractivity contribution in [2.45, 2.75) is 38.1 Å². The van der Waals surface area contributed by atoms with E-state index in [-0.39, 0.29) is 42.5 Å². The first kappa shape index (κ1) is 25.9. The van der Waals surface area contributed by atoms with Crippen LogP contribution in [0.3, 0.4) is 0 Å². The molecule has 0 spiro atoms. The number of ether oxygens (including phenoxy) is 1. The molecule has 1 fully saturated rings. The van der Waals surface area contributed by atoms with E-state index in [1.165, 1.54) is 36.2 Å². The summed E-state index contributed by atoms with van der Waals surface area (Å²) in [5, 5.41) is 2.14. The van der Waals surface area contributed by atoms with Crippen molar-refractivity contribution in [2.24, 2.45) is 0 Å². The average molecular weight is 517 g/mol. The largest absolute Gasteiger partial charge is 0.573 e. The number of alkyl halides is 3. The summed E-state index contributed by atoms with van der Waals surface area (Å²) in [6.45, 7) is 0.141. The lowest BCUT2D eigenvalue weighted by atomic mass is 9.99. The van der Waals surface area contributed by atoms with Crippen LogP contribution in [0.1, 0.15) is 55.9 Å². The number of carbonyl (C=O) groups is 5. The highest BCUT2D eigenvalue weighted by molar-refractivity contribution is 6.24. The Labute approximate surface area is 209 Å². The molecule has 0 aromatic heterocycles. The van der Waals surface area contributed by atoms with Crippen LogP contribution in [-0.2, 0) is 16.0 Å². The molecule has 2 aliphatic rings. The Balaban J connectivity index is 1.44. The molecule has 0 aliphatic carbocycles. The van der Waals surface area contributed by atoms with Gasteiger partial charge in [-0.2, -0.15) is 0 Å². The molecule has 2 aromatic carbocycles. The van der Waals surface area contributed by atoms with E-state index in [1.54, 1.807) is 12.1 Å². The summed E-state index contributed by atoms with van der Waals surface area (Å²) in [6, 6.07) is 8.70. The van der Waals surface area contributed by atoms with Gasteiger partial charge in [-0.3, -0.25) is 34.2 Å². The molecule has 12 heteroatoms. The van der Waals surface area contributed by atoms with Crippen molar-refractivity contribution in [3.63, 3.8) is 0 Å². The van der Waals surface area contributed by atoms with Gasteiger partial charge in [0, 0.05) is 20.0 Å². The summed E-state index contributed by atoms with van der Waals surface area (Å²) in [6.07, 6.45) is -4.29. The van der Waals surface area contributed by atoms with Gasteiger partial charge in [0.25, 0.3) is 17.7 Å². The zero-order chi connectivity index (χ0) is 26.9. The molecule has 194 valence electrons. The lowest BCUT2D eigenvalue weighted by molar-refractivity contribution is -0.274. The fourth-order valence-corrected chi connectivity index (χ4v) is 4.46. The highest BCUT2D eigenvalue weighted by Gasteiger charge is 2.45. The molecule has 4 rings (SSSR count). The van der Waals surface area contributed by atoms with E-state index in [0.29, 0.717) is 12.0 Å². The molecule has 2 aromatic rings. The highest BCUT2D eigenvalue weighted by Crippen LogP contribution is 2.31. The van der Waals surface area contributed by atoms with Gasteiger partial charge in [-0.25, -0.2) is 0 Å². The summed E-state index contributed by atoms with van der Waals surface area (Å²) in [4.78, 5) is 64.7. The normalized spacial score (nSPS) is 17.5. The fourth-order valence-electron chi connectivity index (χ4n) is 4.46. The van der Waals surface area contributed by atoms with Crippen molar-refractivity contribution in [1.82, 2.24) is 15.1 Å². The minimum Gasteiger partial charge on any atom is -0.405 e. The van der Waals surface area contributed by atoms with Crippen molar-refractivity contribution in [3.8, 4) is 5.75 Å². The van der Waals surface area contributed by atoms with E-state index in [0.717, 1.165) is 11.0 Å². The number of hydrogen-bond donors (Lipinski definition) is 1. The number of nitrogens with zero attached hydrogens (tertiary/aromatic N) is 2. The number of amides is 5. The van der Waals surface area contributed by atoms with Crippen LogP contribution in [0.25, 0.3) is 0 Å². The van der Waals surface area contributed by atoms with Crippen LogP contribution in [0, 0.1) is 0 Å². The molecule has 2 aliphatic heterocycles. The Morgan fingerprint density at radius 3 is 2.51 bits per heavy atom. The van der Waals surface area contributed by atoms with Crippen LogP contribution in [0.15, 0.2) is 42.5 Å². The monoisotopic (exact) mass is 517 g/mol. The summed E-state index contributed by atoms with van der Waals surface area (Å²) < 4.78 is 42.0. The maximum Gasteiger partial charge on any atom is 0.573 e. The van der Waals surface area contributed by atoms with Gasteiger partial charge in [0.2, 0.25) is 11.8 Å². The zero-order valence-electron chi connectivity index (χ0n) is 19.6. The number of piperidine rings is 1. The third-order valence-electron chi connectivity index (χ3n) is 6.18. The smallest absolute Gasteiger partial charge is 0.405 e. The standard InChI is InChI=1S/C25H22F3N3O6/c1-30(22(34)15-8-2-3-10-18(15)37-25(26,27)28)13-5-7-14-6-4-9-16-20(14)24(36)31(23(16)35)17-11-12-19(32)29-21(17)33/h2-4,6,8-10,17H,5,7,11-13H2,1H3,(H,29,32,33). The maximum absolute atomic E-state index is 13.2. The van der Waals surface area contributed by atoms with Gasteiger partial charge in [-0.15, -0.1) is 13.2 Å². The third kappa shape index (κ3) is 5.32. The minimum absolute atomic E-state index is 0.00811. The van der Waals surface area contributed by atoms with E-state index in [9.17, 15) is 37.1 Å². The summed E-state index contributed by atoms with van der Waals surface area (Å²) >= 11 is 0. The van der Waals surface area contributed by atoms with E-state index in [4.69, 9.17) is 0 Å². The second-order valence-electron chi connectivity index (χ2n) is 8.66. The first-order valence-electron chi connectivity index (χ1n) is 11.4. The minimum atomic E-state index is -4.95. The maximum atomic E-state index is 13.2. The van der Waals surface area contributed by atoms with Crippen molar-refractivity contribution in [1.29, 1.82) is 0 Å². The summed E-state index contributed by atoms with van der Waals surface area (Å²) in [7, 11) is 1.43. The molecule has 37 heavy (non-hydrogen) atoms. The Morgan fingerprint density at radius 1 is 1.08 bits per heavy atom. The quantitative estimate of drug-likeness (QED) is 0.566. The van der Waals surface area contributed by atoms with Crippen LogP contribution in [0.5, 0.6) is 5.75 Å². The number of hydrogen-bond acceptors (Lipinski definition) is 6. The molecule has 1 saturated heterocycles. The number of carbonyl (C=O) groups excluding carboxylic acids is 5. The number of imide groups is 2. The van der Waals surface area contributed by atoms with E-state index >= 15 is 0 Å². The number of para-hydroxylation sites is 1. The van der Waals surface area contributed by atoms with Gasteiger partial charge in [0.15, 0.2) is 0 Å². The molecule has 5 amide bonds. The second-order valence-corrected chi connectivity index (χ2v) is 8.66. The highest BCUT2D eigenvalue weighted by atomic mass is 19.4. The van der Waals surface area contributed by atoms with Crippen molar-refractivity contribution >= 4 is 29.5 Å². The molecule has 1 N–H and O–H groups in total. The Kier molecular flexibility index (Phi) is 7.01. The second kappa shape index (κ2) is 10.0. The van der Waals surface area contributed by atoms with Gasteiger partial charge >= 0.3 is 6.36 Å². The third-order valence-corrected chi connectivity index (χ3v) is 6.18. The average Bonchev–Trinajstić information content (AvgIpc) is 3.08. The van der Waals surface area contributed by atoms with Gasteiger partial charge in [-0.1, -0.05) is 24.3 Å².